The van der Waals surface area contributed by atoms with Crippen LogP contribution in [0.2, 0.25) is 0 Å². The van der Waals surface area contributed by atoms with Crippen LogP contribution in [0.3, 0.4) is 0 Å². The van der Waals surface area contributed by atoms with Gasteiger partial charge in [0.25, 0.3) is 0 Å². The van der Waals surface area contributed by atoms with Gasteiger partial charge in [0.2, 0.25) is 11.8 Å². The molecule has 1 saturated heterocycles. The monoisotopic (exact) mass is 425 g/mol. The van der Waals surface area contributed by atoms with Gasteiger partial charge in [-0.05, 0) is 49.6 Å². The molecule has 1 aromatic heterocycles. The zero-order valence-corrected chi connectivity index (χ0v) is 17.5. The van der Waals surface area contributed by atoms with E-state index < -0.39 is 0 Å². The van der Waals surface area contributed by atoms with E-state index in [1.165, 1.54) is 42.4 Å². The number of rotatable bonds is 6. The topological polar surface area (TPSA) is 54.3 Å². The highest BCUT2D eigenvalue weighted by Crippen LogP contribution is 2.30. The second-order valence-electron chi connectivity index (χ2n) is 7.42. The maximum absolute atomic E-state index is 13.0. The fourth-order valence-corrected chi connectivity index (χ4v) is 4.61. The molecule has 7 heteroatoms. The van der Waals surface area contributed by atoms with Crippen molar-refractivity contribution in [3.63, 3.8) is 0 Å². The van der Waals surface area contributed by atoms with Crippen LogP contribution in [0.1, 0.15) is 19.3 Å². The molecule has 1 aliphatic heterocycles. The van der Waals surface area contributed by atoms with Gasteiger partial charge in [-0.3, -0.25) is 9.59 Å². The summed E-state index contributed by atoms with van der Waals surface area (Å²) in [6.45, 7) is 1.98. The van der Waals surface area contributed by atoms with Gasteiger partial charge >= 0.3 is 0 Å². The Bertz CT molecular complexity index is 1040. The average molecular weight is 426 g/mol. The number of thioether (sulfide) groups is 1. The number of nitrogens with one attached hydrogen (secondary N) is 1. The van der Waals surface area contributed by atoms with E-state index in [0.717, 1.165) is 41.7 Å². The van der Waals surface area contributed by atoms with Crippen LogP contribution in [-0.2, 0) is 16.1 Å². The molecule has 2 amide bonds. The lowest BCUT2D eigenvalue weighted by Crippen LogP contribution is -2.37. The number of para-hydroxylation sites is 1. The summed E-state index contributed by atoms with van der Waals surface area (Å²) in [6.07, 6.45) is 5.30. The fraction of sp³-hybridized carbons (Fsp3) is 0.304. The second kappa shape index (κ2) is 9.34. The van der Waals surface area contributed by atoms with Crippen molar-refractivity contribution >= 4 is 40.2 Å². The third-order valence-electron chi connectivity index (χ3n) is 5.25. The Kier molecular flexibility index (Phi) is 6.38. The minimum atomic E-state index is -0.339. The maximum Gasteiger partial charge on any atom is 0.242 e. The summed E-state index contributed by atoms with van der Waals surface area (Å²) in [7, 11) is 0. The number of anilines is 1. The first-order valence-corrected chi connectivity index (χ1v) is 11.1. The number of piperidine rings is 1. The number of carbonyl (C=O) groups is 2. The van der Waals surface area contributed by atoms with E-state index in [0.29, 0.717) is 12.2 Å². The zero-order valence-electron chi connectivity index (χ0n) is 16.6. The lowest BCUT2D eigenvalue weighted by molar-refractivity contribution is -0.132. The fourth-order valence-electron chi connectivity index (χ4n) is 3.72. The number of hydrogen-bond acceptors (Lipinski definition) is 3. The van der Waals surface area contributed by atoms with Crippen molar-refractivity contribution in [2.45, 2.75) is 30.7 Å². The van der Waals surface area contributed by atoms with Gasteiger partial charge < -0.3 is 14.8 Å². The van der Waals surface area contributed by atoms with Gasteiger partial charge in [0.15, 0.2) is 0 Å². The van der Waals surface area contributed by atoms with Crippen molar-refractivity contribution < 1.29 is 14.0 Å². The quantitative estimate of drug-likeness (QED) is 0.591. The van der Waals surface area contributed by atoms with Crippen LogP contribution in [0.25, 0.3) is 10.9 Å². The molecule has 0 saturated carbocycles. The van der Waals surface area contributed by atoms with E-state index >= 15 is 0 Å². The largest absolute Gasteiger partial charge is 0.341 e. The van der Waals surface area contributed by atoms with Crippen molar-refractivity contribution in [1.29, 1.82) is 0 Å². The van der Waals surface area contributed by atoms with E-state index in [2.05, 4.69) is 5.32 Å². The van der Waals surface area contributed by atoms with Crippen molar-refractivity contribution in [2.75, 3.05) is 24.2 Å². The Morgan fingerprint density at radius 1 is 1.00 bits per heavy atom. The third kappa shape index (κ3) is 4.84. The van der Waals surface area contributed by atoms with Crippen LogP contribution in [0, 0.1) is 5.82 Å². The molecule has 2 aromatic carbocycles. The first-order chi connectivity index (χ1) is 14.6. The van der Waals surface area contributed by atoms with Crippen molar-refractivity contribution in [3.05, 3.63) is 60.5 Å². The minimum Gasteiger partial charge on any atom is -0.341 e. The number of aromatic nitrogens is 1. The molecule has 5 nitrogen and oxygen atoms in total. The molecular formula is C23H24FN3O2S. The van der Waals surface area contributed by atoms with E-state index in [4.69, 9.17) is 0 Å². The first-order valence-electron chi connectivity index (χ1n) is 10.1. The number of likely N-dealkylation sites (tertiary alicyclic amines) is 1. The second-order valence-corrected chi connectivity index (χ2v) is 8.44. The molecule has 2 heterocycles. The molecule has 0 aliphatic carbocycles. The standard InChI is InChI=1S/C23H24FN3O2S/c24-17-8-10-18(11-9-17)25-22(28)16-30-21-14-27(20-7-3-2-6-19(20)21)15-23(29)26-12-4-1-5-13-26/h2-3,6-11,14H,1,4-5,12-13,15-16H2,(H,25,28). The van der Waals surface area contributed by atoms with Gasteiger partial charge in [-0.1, -0.05) is 18.2 Å². The molecule has 0 spiro atoms. The summed E-state index contributed by atoms with van der Waals surface area (Å²) in [5.41, 5.74) is 1.56. The molecule has 0 unspecified atom stereocenters. The Balaban J connectivity index is 1.44. The number of benzene rings is 2. The third-order valence-corrected chi connectivity index (χ3v) is 6.30. The van der Waals surface area contributed by atoms with E-state index in [-0.39, 0.29) is 23.4 Å². The Morgan fingerprint density at radius 3 is 2.50 bits per heavy atom. The summed E-state index contributed by atoms with van der Waals surface area (Å²) < 4.78 is 15.0. The highest BCUT2D eigenvalue weighted by molar-refractivity contribution is 8.00. The summed E-state index contributed by atoms with van der Waals surface area (Å²) in [5, 5.41) is 3.81. The molecule has 0 radical (unpaired) electrons. The SMILES string of the molecule is O=C(CSc1cn(CC(=O)N2CCCCC2)c2ccccc12)Nc1ccc(F)cc1. The van der Waals surface area contributed by atoms with Crippen LogP contribution < -0.4 is 5.32 Å². The summed E-state index contributed by atoms with van der Waals surface area (Å²) in [4.78, 5) is 27.9. The first kappa shape index (κ1) is 20.5. The molecule has 156 valence electrons. The smallest absolute Gasteiger partial charge is 0.242 e. The number of nitrogens with zero attached hydrogens (tertiary/aromatic N) is 2. The molecule has 4 rings (SSSR count). The number of amides is 2. The lowest BCUT2D eigenvalue weighted by atomic mass is 10.1. The predicted octanol–water partition coefficient (Wildman–Crippen LogP) is 4.52. The molecule has 1 fully saturated rings. The lowest BCUT2D eigenvalue weighted by Gasteiger charge is -2.27. The molecule has 0 bridgehead atoms. The number of hydrogen-bond donors (Lipinski definition) is 1. The van der Waals surface area contributed by atoms with Crippen molar-refractivity contribution in [1.82, 2.24) is 9.47 Å². The van der Waals surface area contributed by atoms with Gasteiger partial charge in [-0.25, -0.2) is 4.39 Å². The molecule has 0 atom stereocenters. The number of fused-ring (bicyclic) bond motifs is 1. The van der Waals surface area contributed by atoms with Crippen LogP contribution in [-0.4, -0.2) is 40.1 Å². The van der Waals surface area contributed by atoms with Gasteiger partial charge in [0.05, 0.1) is 5.75 Å². The molecule has 1 N–H and O–H groups in total. The van der Waals surface area contributed by atoms with Gasteiger partial charge in [-0.15, -0.1) is 11.8 Å². The molecule has 1 aliphatic rings. The molecule has 3 aromatic rings. The summed E-state index contributed by atoms with van der Waals surface area (Å²) in [5.74, 6) is -0.131. The number of carbonyl (C=O) groups excluding carboxylic acids is 2. The Labute approximate surface area is 179 Å². The van der Waals surface area contributed by atoms with Crippen LogP contribution in [0.4, 0.5) is 10.1 Å². The maximum atomic E-state index is 13.0. The van der Waals surface area contributed by atoms with Crippen LogP contribution in [0.15, 0.2) is 59.6 Å². The Morgan fingerprint density at radius 2 is 1.73 bits per heavy atom. The molecule has 30 heavy (non-hydrogen) atoms. The minimum absolute atomic E-state index is 0.140. The van der Waals surface area contributed by atoms with Gasteiger partial charge in [-0.2, -0.15) is 0 Å². The number of halogens is 1. The van der Waals surface area contributed by atoms with Gasteiger partial charge in [0, 0.05) is 40.8 Å². The zero-order chi connectivity index (χ0) is 20.9. The highest BCUT2D eigenvalue weighted by atomic mass is 32.2. The van der Waals surface area contributed by atoms with E-state index in [9.17, 15) is 14.0 Å². The van der Waals surface area contributed by atoms with Crippen LogP contribution >= 0.6 is 11.8 Å². The molecular weight excluding hydrogens is 401 g/mol. The summed E-state index contributed by atoms with van der Waals surface area (Å²) >= 11 is 1.43. The van der Waals surface area contributed by atoms with Crippen LogP contribution in [0.5, 0.6) is 0 Å². The van der Waals surface area contributed by atoms with E-state index in [1.54, 1.807) is 0 Å². The van der Waals surface area contributed by atoms with Crippen molar-refractivity contribution in [3.8, 4) is 0 Å². The van der Waals surface area contributed by atoms with E-state index in [1.807, 2.05) is 39.9 Å². The van der Waals surface area contributed by atoms with Gasteiger partial charge in [0.1, 0.15) is 12.4 Å². The normalized spacial score (nSPS) is 14.1. The average Bonchev–Trinajstić information content (AvgIpc) is 3.12. The van der Waals surface area contributed by atoms with Crippen molar-refractivity contribution in [2.24, 2.45) is 0 Å². The highest BCUT2D eigenvalue weighted by Gasteiger charge is 2.18. The summed E-state index contributed by atoms with van der Waals surface area (Å²) in [6, 6.07) is 13.6. The predicted molar refractivity (Wildman–Crippen MR) is 118 cm³/mol. The Hall–Kier alpha value is -2.80.